The number of fused-ring (bicyclic) bond motifs is 1. The summed E-state index contributed by atoms with van der Waals surface area (Å²) in [4.78, 5) is 16.9. The normalized spacial score (nSPS) is 12.9. The van der Waals surface area contributed by atoms with E-state index in [0.29, 0.717) is 0 Å². The number of carbonyl (C=O) groups is 1. The number of pyridine rings is 1. The lowest BCUT2D eigenvalue weighted by molar-refractivity contribution is 0.112. The molecule has 3 heterocycles. The Kier molecular flexibility index (Phi) is 2.49. The summed E-state index contributed by atoms with van der Waals surface area (Å²) in [6, 6.07) is 5.81. The SMILES string of the molecule is O=Cc1ccc(-c2ccnc3c2C=CCN3)s1. The Morgan fingerprint density at radius 3 is 3.12 bits per heavy atom. The minimum absolute atomic E-state index is 0.748. The molecule has 0 unspecified atom stereocenters. The second-order valence-electron chi connectivity index (χ2n) is 3.72. The smallest absolute Gasteiger partial charge is 0.160 e. The van der Waals surface area contributed by atoms with E-state index in [1.165, 1.54) is 11.3 Å². The van der Waals surface area contributed by atoms with Crippen molar-refractivity contribution in [3.8, 4) is 10.4 Å². The van der Waals surface area contributed by atoms with Crippen LogP contribution in [0.15, 0.2) is 30.5 Å². The standard InChI is InChI=1S/C13H10N2OS/c16-8-9-3-4-12(17-9)10-5-7-15-13-11(10)2-1-6-14-13/h1-5,7-8H,6H2,(H,14,15). The maximum atomic E-state index is 10.7. The van der Waals surface area contributed by atoms with E-state index in [0.717, 1.165) is 39.5 Å². The first-order valence-electron chi connectivity index (χ1n) is 5.33. The minimum atomic E-state index is 0.748. The molecule has 0 bridgehead atoms. The lowest BCUT2D eigenvalue weighted by atomic mass is 10.1. The number of nitrogens with zero attached hydrogens (tertiary/aromatic N) is 1. The zero-order valence-electron chi connectivity index (χ0n) is 9.01. The van der Waals surface area contributed by atoms with E-state index >= 15 is 0 Å². The van der Waals surface area contributed by atoms with Crippen LogP contribution in [0.5, 0.6) is 0 Å². The number of thiophene rings is 1. The van der Waals surface area contributed by atoms with E-state index < -0.39 is 0 Å². The molecule has 2 aromatic heterocycles. The summed E-state index contributed by atoms with van der Waals surface area (Å²) in [5.41, 5.74) is 2.22. The van der Waals surface area contributed by atoms with Gasteiger partial charge in [0.15, 0.2) is 6.29 Å². The number of anilines is 1. The molecule has 1 N–H and O–H groups in total. The maximum absolute atomic E-state index is 10.7. The zero-order chi connectivity index (χ0) is 11.7. The number of hydrogen-bond acceptors (Lipinski definition) is 4. The molecule has 3 rings (SSSR count). The van der Waals surface area contributed by atoms with Crippen molar-refractivity contribution in [2.45, 2.75) is 0 Å². The van der Waals surface area contributed by atoms with Crippen LogP contribution in [0.25, 0.3) is 16.5 Å². The second kappa shape index (κ2) is 4.14. The first-order chi connectivity index (χ1) is 8.38. The number of carbonyl (C=O) groups excluding carboxylic acids is 1. The molecule has 0 aliphatic carbocycles. The molecule has 4 heteroatoms. The summed E-state index contributed by atoms with van der Waals surface area (Å²) in [6.45, 7) is 0.813. The third kappa shape index (κ3) is 1.76. The number of aldehydes is 1. The van der Waals surface area contributed by atoms with Gasteiger partial charge in [0.05, 0.1) is 4.88 Å². The van der Waals surface area contributed by atoms with Crippen molar-refractivity contribution in [3.63, 3.8) is 0 Å². The molecule has 1 aliphatic rings. The second-order valence-corrected chi connectivity index (χ2v) is 4.84. The number of hydrogen-bond donors (Lipinski definition) is 1. The number of nitrogens with one attached hydrogen (secondary N) is 1. The van der Waals surface area contributed by atoms with E-state index in [1.54, 1.807) is 6.20 Å². The highest BCUT2D eigenvalue weighted by Gasteiger charge is 2.12. The molecule has 0 aromatic carbocycles. The molecule has 84 valence electrons. The quantitative estimate of drug-likeness (QED) is 0.823. The summed E-state index contributed by atoms with van der Waals surface area (Å²) >= 11 is 1.50. The fourth-order valence-corrected chi connectivity index (χ4v) is 2.75. The molecule has 2 aromatic rings. The van der Waals surface area contributed by atoms with Gasteiger partial charge < -0.3 is 5.32 Å². The molecular formula is C13H10N2OS. The Hall–Kier alpha value is -1.94. The van der Waals surface area contributed by atoms with Crippen molar-refractivity contribution in [1.29, 1.82) is 0 Å². The van der Waals surface area contributed by atoms with Crippen LogP contribution in [0.3, 0.4) is 0 Å². The largest absolute Gasteiger partial charge is 0.366 e. The van der Waals surface area contributed by atoms with Crippen LogP contribution in [-0.2, 0) is 0 Å². The highest BCUT2D eigenvalue weighted by Crippen LogP contribution is 2.34. The Balaban J connectivity index is 2.15. The van der Waals surface area contributed by atoms with Gasteiger partial charge in [0, 0.05) is 28.7 Å². The van der Waals surface area contributed by atoms with Crippen LogP contribution in [0.4, 0.5) is 5.82 Å². The van der Waals surface area contributed by atoms with Crippen molar-refractivity contribution >= 4 is 29.5 Å². The van der Waals surface area contributed by atoms with Crippen molar-refractivity contribution in [3.05, 3.63) is 40.9 Å². The lowest BCUT2D eigenvalue weighted by Crippen LogP contribution is -2.06. The Morgan fingerprint density at radius 1 is 1.35 bits per heavy atom. The molecule has 3 nitrogen and oxygen atoms in total. The molecule has 0 spiro atoms. The van der Waals surface area contributed by atoms with E-state index in [9.17, 15) is 4.79 Å². The van der Waals surface area contributed by atoms with Crippen molar-refractivity contribution < 1.29 is 4.79 Å². The third-order valence-corrected chi connectivity index (χ3v) is 3.71. The highest BCUT2D eigenvalue weighted by atomic mass is 32.1. The Morgan fingerprint density at radius 2 is 2.29 bits per heavy atom. The average molecular weight is 242 g/mol. The molecule has 1 aliphatic heterocycles. The molecule has 0 amide bonds. The number of rotatable bonds is 2. The van der Waals surface area contributed by atoms with Gasteiger partial charge in [-0.2, -0.15) is 0 Å². The number of aromatic nitrogens is 1. The average Bonchev–Trinajstić information content (AvgIpc) is 2.87. The summed E-state index contributed by atoms with van der Waals surface area (Å²) in [5.74, 6) is 0.908. The summed E-state index contributed by atoms with van der Waals surface area (Å²) in [6.07, 6.45) is 6.83. The summed E-state index contributed by atoms with van der Waals surface area (Å²) < 4.78 is 0. The first-order valence-corrected chi connectivity index (χ1v) is 6.15. The van der Waals surface area contributed by atoms with Gasteiger partial charge in [-0.05, 0) is 18.2 Å². The third-order valence-electron chi connectivity index (χ3n) is 2.67. The minimum Gasteiger partial charge on any atom is -0.366 e. The topological polar surface area (TPSA) is 42.0 Å². The van der Waals surface area contributed by atoms with E-state index in [1.807, 2.05) is 18.2 Å². The van der Waals surface area contributed by atoms with E-state index in [4.69, 9.17) is 0 Å². The van der Waals surface area contributed by atoms with Gasteiger partial charge in [0.1, 0.15) is 5.82 Å². The van der Waals surface area contributed by atoms with Gasteiger partial charge in [0.2, 0.25) is 0 Å². The molecule has 17 heavy (non-hydrogen) atoms. The Bertz CT molecular complexity index is 601. The van der Waals surface area contributed by atoms with Crippen molar-refractivity contribution in [2.24, 2.45) is 0 Å². The van der Waals surface area contributed by atoms with E-state index in [-0.39, 0.29) is 0 Å². The monoisotopic (exact) mass is 242 g/mol. The molecule has 0 fully saturated rings. The molecule has 0 radical (unpaired) electrons. The molecular weight excluding hydrogens is 232 g/mol. The predicted octanol–water partition coefficient (Wildman–Crippen LogP) is 3.06. The fraction of sp³-hybridized carbons (Fsp3) is 0.0769. The summed E-state index contributed by atoms with van der Waals surface area (Å²) in [5, 5.41) is 3.23. The first kappa shape index (κ1) is 10.2. The van der Waals surface area contributed by atoms with Gasteiger partial charge in [0.25, 0.3) is 0 Å². The van der Waals surface area contributed by atoms with Crippen molar-refractivity contribution in [2.75, 3.05) is 11.9 Å². The van der Waals surface area contributed by atoms with Gasteiger partial charge in [-0.15, -0.1) is 11.3 Å². The lowest BCUT2D eigenvalue weighted by Gasteiger charge is -2.14. The fourth-order valence-electron chi connectivity index (χ4n) is 1.89. The van der Waals surface area contributed by atoms with Gasteiger partial charge in [-0.1, -0.05) is 12.2 Å². The van der Waals surface area contributed by atoms with Gasteiger partial charge in [-0.3, -0.25) is 4.79 Å². The van der Waals surface area contributed by atoms with Crippen LogP contribution in [0, 0.1) is 0 Å². The maximum Gasteiger partial charge on any atom is 0.160 e. The molecule has 0 saturated carbocycles. The van der Waals surface area contributed by atoms with Crippen molar-refractivity contribution in [1.82, 2.24) is 4.98 Å². The highest BCUT2D eigenvalue weighted by molar-refractivity contribution is 7.17. The molecule has 0 atom stereocenters. The van der Waals surface area contributed by atoms with Crippen LogP contribution in [-0.4, -0.2) is 17.8 Å². The van der Waals surface area contributed by atoms with Crippen LogP contribution < -0.4 is 5.32 Å². The van der Waals surface area contributed by atoms with Gasteiger partial charge in [-0.25, -0.2) is 4.98 Å². The van der Waals surface area contributed by atoms with Crippen LogP contribution in [0.1, 0.15) is 15.2 Å². The zero-order valence-corrected chi connectivity index (χ0v) is 9.83. The molecule has 0 saturated heterocycles. The van der Waals surface area contributed by atoms with Crippen LogP contribution in [0.2, 0.25) is 0 Å². The predicted molar refractivity (Wildman–Crippen MR) is 70.5 cm³/mol. The Labute approximate surface area is 103 Å². The van der Waals surface area contributed by atoms with E-state index in [2.05, 4.69) is 22.5 Å². The summed E-state index contributed by atoms with van der Waals surface area (Å²) in [7, 11) is 0. The van der Waals surface area contributed by atoms with Crippen LogP contribution >= 0.6 is 11.3 Å². The van der Waals surface area contributed by atoms with Gasteiger partial charge >= 0.3 is 0 Å².